The summed E-state index contributed by atoms with van der Waals surface area (Å²) in [4.78, 5) is 7.42. The lowest BCUT2D eigenvalue weighted by molar-refractivity contribution is 0.574. The lowest BCUT2D eigenvalue weighted by Crippen LogP contribution is -2.10. The van der Waals surface area contributed by atoms with Crippen LogP contribution in [0.25, 0.3) is 10.9 Å². The molecule has 3 nitrogen and oxygen atoms in total. The number of hydrogen-bond acceptors (Lipinski definition) is 2. The highest BCUT2D eigenvalue weighted by Gasteiger charge is 2.16. The number of nitrogens with two attached hydrogens (primary N) is 1. The fourth-order valence-corrected chi connectivity index (χ4v) is 1.48. The number of aromatic amines is 1. The fourth-order valence-electron chi connectivity index (χ4n) is 1.48. The molecule has 0 aliphatic rings. The van der Waals surface area contributed by atoms with Crippen LogP contribution in [-0.4, -0.2) is 9.97 Å². The minimum absolute atomic E-state index is 0.117. The van der Waals surface area contributed by atoms with Gasteiger partial charge in [0.05, 0.1) is 5.52 Å². The van der Waals surface area contributed by atoms with E-state index in [1.807, 2.05) is 6.07 Å². The molecule has 0 spiro atoms. The molecule has 0 unspecified atom stereocenters. The molecule has 0 amide bonds. The van der Waals surface area contributed by atoms with Gasteiger partial charge in [-0.2, -0.15) is 0 Å². The van der Waals surface area contributed by atoms with Crippen molar-refractivity contribution < 1.29 is 0 Å². The van der Waals surface area contributed by atoms with Gasteiger partial charge >= 0.3 is 0 Å². The summed E-state index contributed by atoms with van der Waals surface area (Å²) in [7, 11) is 0. The highest BCUT2D eigenvalue weighted by molar-refractivity contribution is 5.89. The van der Waals surface area contributed by atoms with E-state index in [1.165, 1.54) is 5.69 Å². The Morgan fingerprint density at radius 2 is 2.07 bits per heavy atom. The highest BCUT2D eigenvalue weighted by Crippen LogP contribution is 2.27. The average molecular weight is 189 g/mol. The summed E-state index contributed by atoms with van der Waals surface area (Å²) >= 11 is 0. The van der Waals surface area contributed by atoms with Crippen LogP contribution in [0.3, 0.4) is 0 Å². The van der Waals surface area contributed by atoms with Gasteiger partial charge in [-0.1, -0.05) is 20.8 Å². The smallest absolute Gasteiger partial charge is 0.132 e. The van der Waals surface area contributed by atoms with Gasteiger partial charge in [-0.25, -0.2) is 4.98 Å². The molecule has 0 aromatic carbocycles. The van der Waals surface area contributed by atoms with E-state index in [0.29, 0.717) is 5.82 Å². The molecular formula is C11H15N3. The first kappa shape index (κ1) is 9.06. The molecule has 0 bridgehead atoms. The van der Waals surface area contributed by atoms with Gasteiger partial charge in [0.2, 0.25) is 0 Å². The van der Waals surface area contributed by atoms with Crippen LogP contribution < -0.4 is 5.73 Å². The second-order valence-electron chi connectivity index (χ2n) is 4.59. The summed E-state index contributed by atoms with van der Waals surface area (Å²) in [5, 5.41) is 1.01. The Hall–Kier alpha value is -1.51. The number of anilines is 1. The molecule has 0 saturated carbocycles. The number of aromatic nitrogens is 2. The van der Waals surface area contributed by atoms with E-state index >= 15 is 0 Å². The van der Waals surface area contributed by atoms with Gasteiger partial charge in [0, 0.05) is 22.7 Å². The first-order valence-electron chi connectivity index (χ1n) is 4.72. The molecule has 0 radical (unpaired) electrons. The third-order valence-electron chi connectivity index (χ3n) is 2.39. The summed E-state index contributed by atoms with van der Waals surface area (Å²) in [6.45, 7) is 6.50. The molecule has 14 heavy (non-hydrogen) atoms. The van der Waals surface area contributed by atoms with Gasteiger partial charge in [-0.05, 0) is 12.1 Å². The number of fused-ring (bicyclic) bond motifs is 1. The Kier molecular flexibility index (Phi) is 1.77. The quantitative estimate of drug-likeness (QED) is 0.668. The third kappa shape index (κ3) is 1.35. The third-order valence-corrected chi connectivity index (χ3v) is 2.39. The maximum atomic E-state index is 5.78. The molecule has 3 N–H and O–H groups in total. The lowest BCUT2D eigenvalue weighted by Gasteiger charge is -2.15. The molecule has 74 valence electrons. The number of hydrogen-bond donors (Lipinski definition) is 2. The molecule has 2 aromatic rings. The van der Waals surface area contributed by atoms with E-state index in [4.69, 9.17) is 5.73 Å². The topological polar surface area (TPSA) is 54.7 Å². The lowest BCUT2D eigenvalue weighted by atomic mass is 9.92. The number of H-pyrrole nitrogens is 1. The van der Waals surface area contributed by atoms with Gasteiger partial charge in [-0.15, -0.1) is 0 Å². The molecule has 2 rings (SSSR count). The Bertz CT molecular complexity index is 463. The summed E-state index contributed by atoms with van der Waals surface area (Å²) in [5.41, 5.74) is 8.14. The molecular weight excluding hydrogens is 174 g/mol. The van der Waals surface area contributed by atoms with Crippen LogP contribution in [0.5, 0.6) is 0 Å². The summed E-state index contributed by atoms with van der Waals surface area (Å²) in [6, 6.07) is 4.03. The van der Waals surface area contributed by atoms with Gasteiger partial charge in [-0.3, -0.25) is 0 Å². The SMILES string of the molecule is CC(C)(C)c1cc2c(N)nccc2[nH]1. The Morgan fingerprint density at radius 1 is 1.36 bits per heavy atom. The average Bonchev–Trinajstić information content (AvgIpc) is 2.48. The maximum absolute atomic E-state index is 5.78. The molecule has 2 heterocycles. The first-order chi connectivity index (χ1) is 6.48. The second kappa shape index (κ2) is 2.74. The van der Waals surface area contributed by atoms with Crippen molar-refractivity contribution in [3.05, 3.63) is 24.0 Å². The summed E-state index contributed by atoms with van der Waals surface area (Å²) in [5.74, 6) is 0.592. The Balaban J connectivity index is 2.69. The normalized spacial score (nSPS) is 12.2. The van der Waals surface area contributed by atoms with Crippen molar-refractivity contribution in [2.45, 2.75) is 26.2 Å². The standard InChI is InChI=1S/C11H15N3/c1-11(2,3)9-6-7-8(14-9)4-5-13-10(7)12/h4-6,14H,1-3H3,(H2,12,13). The van der Waals surface area contributed by atoms with E-state index in [-0.39, 0.29) is 5.41 Å². The van der Waals surface area contributed by atoms with E-state index in [2.05, 4.69) is 36.8 Å². The van der Waals surface area contributed by atoms with Gasteiger partial charge < -0.3 is 10.7 Å². The van der Waals surface area contributed by atoms with Gasteiger partial charge in [0.1, 0.15) is 5.82 Å². The van der Waals surface area contributed by atoms with Crippen LogP contribution >= 0.6 is 0 Å². The van der Waals surface area contributed by atoms with E-state index < -0.39 is 0 Å². The van der Waals surface area contributed by atoms with Crippen LogP contribution in [0.4, 0.5) is 5.82 Å². The van der Waals surface area contributed by atoms with Crippen molar-refractivity contribution in [1.29, 1.82) is 0 Å². The fraction of sp³-hybridized carbons (Fsp3) is 0.364. The van der Waals surface area contributed by atoms with Gasteiger partial charge in [0.15, 0.2) is 0 Å². The molecule has 0 aliphatic carbocycles. The van der Waals surface area contributed by atoms with Gasteiger partial charge in [0.25, 0.3) is 0 Å². The van der Waals surface area contributed by atoms with Crippen molar-refractivity contribution in [2.24, 2.45) is 0 Å². The van der Waals surface area contributed by atoms with Crippen LogP contribution in [-0.2, 0) is 5.41 Å². The van der Waals surface area contributed by atoms with Crippen molar-refractivity contribution in [3.63, 3.8) is 0 Å². The number of rotatable bonds is 0. The number of nitrogens with one attached hydrogen (secondary N) is 1. The largest absolute Gasteiger partial charge is 0.383 e. The second-order valence-corrected chi connectivity index (χ2v) is 4.59. The van der Waals surface area contributed by atoms with Crippen molar-refractivity contribution >= 4 is 16.7 Å². The Morgan fingerprint density at radius 3 is 2.64 bits per heavy atom. The number of nitrogen functional groups attached to an aromatic ring is 1. The predicted molar refractivity (Wildman–Crippen MR) is 59.2 cm³/mol. The number of pyridine rings is 1. The van der Waals surface area contributed by atoms with Crippen molar-refractivity contribution in [1.82, 2.24) is 9.97 Å². The van der Waals surface area contributed by atoms with Crippen LogP contribution in [0.15, 0.2) is 18.3 Å². The van der Waals surface area contributed by atoms with Crippen LogP contribution in [0.1, 0.15) is 26.5 Å². The van der Waals surface area contributed by atoms with Crippen LogP contribution in [0, 0.1) is 0 Å². The summed E-state index contributed by atoms with van der Waals surface area (Å²) < 4.78 is 0. The molecule has 0 aliphatic heterocycles. The monoisotopic (exact) mass is 189 g/mol. The Labute approximate surface area is 83.3 Å². The zero-order chi connectivity index (χ0) is 10.3. The van der Waals surface area contributed by atoms with E-state index in [0.717, 1.165) is 10.9 Å². The molecule has 2 aromatic heterocycles. The van der Waals surface area contributed by atoms with E-state index in [9.17, 15) is 0 Å². The first-order valence-corrected chi connectivity index (χ1v) is 4.72. The van der Waals surface area contributed by atoms with Crippen LogP contribution in [0.2, 0.25) is 0 Å². The minimum Gasteiger partial charge on any atom is -0.383 e. The molecule has 0 atom stereocenters. The molecule has 3 heteroatoms. The number of nitrogens with zero attached hydrogens (tertiary/aromatic N) is 1. The van der Waals surface area contributed by atoms with Crippen molar-refractivity contribution in [2.75, 3.05) is 5.73 Å². The maximum Gasteiger partial charge on any atom is 0.132 e. The predicted octanol–water partition coefficient (Wildman–Crippen LogP) is 2.44. The zero-order valence-electron chi connectivity index (χ0n) is 8.76. The highest BCUT2D eigenvalue weighted by atomic mass is 14.8. The zero-order valence-corrected chi connectivity index (χ0v) is 8.76. The molecule has 0 saturated heterocycles. The van der Waals surface area contributed by atoms with Crippen molar-refractivity contribution in [3.8, 4) is 0 Å². The molecule has 0 fully saturated rings. The van der Waals surface area contributed by atoms with E-state index in [1.54, 1.807) is 6.20 Å². The minimum atomic E-state index is 0.117. The summed E-state index contributed by atoms with van der Waals surface area (Å²) in [6.07, 6.45) is 1.72.